The fourth-order valence-electron chi connectivity index (χ4n) is 2.35. The lowest BCUT2D eigenvalue weighted by atomic mass is 9.94. The minimum absolute atomic E-state index is 0.0819. The zero-order chi connectivity index (χ0) is 13.0. The highest BCUT2D eigenvalue weighted by Crippen LogP contribution is 2.19. The van der Waals surface area contributed by atoms with Gasteiger partial charge in [-0.2, -0.15) is 5.26 Å². The fraction of sp³-hybridized carbons (Fsp3) is 0.533. The largest absolute Gasteiger partial charge is 0.380 e. The molecule has 1 heterocycles. The number of nitriles is 1. The number of benzene rings is 1. The van der Waals surface area contributed by atoms with Gasteiger partial charge in [-0.1, -0.05) is 6.07 Å². The Morgan fingerprint density at radius 2 is 2.33 bits per heavy atom. The summed E-state index contributed by atoms with van der Waals surface area (Å²) in [4.78, 5) is 0. The molecular weight excluding hydrogens is 224 g/mol. The van der Waals surface area contributed by atoms with Gasteiger partial charge in [-0.05, 0) is 49.9 Å². The van der Waals surface area contributed by atoms with Gasteiger partial charge in [0.2, 0.25) is 0 Å². The monoisotopic (exact) mass is 244 g/mol. The molecule has 2 rings (SSSR count). The van der Waals surface area contributed by atoms with Crippen molar-refractivity contribution in [3.05, 3.63) is 34.9 Å². The fourth-order valence-corrected chi connectivity index (χ4v) is 2.35. The van der Waals surface area contributed by atoms with E-state index in [-0.39, 0.29) is 5.54 Å². The maximum atomic E-state index is 8.85. The predicted octanol–water partition coefficient (Wildman–Crippen LogP) is 2.53. The molecule has 18 heavy (non-hydrogen) atoms. The number of aryl methyl sites for hydroxylation is 1. The summed E-state index contributed by atoms with van der Waals surface area (Å²) in [7, 11) is 0. The van der Waals surface area contributed by atoms with Gasteiger partial charge in [-0.25, -0.2) is 0 Å². The molecule has 1 unspecified atom stereocenters. The van der Waals surface area contributed by atoms with E-state index in [1.54, 1.807) is 0 Å². The van der Waals surface area contributed by atoms with Crippen LogP contribution in [0.4, 0.5) is 0 Å². The Kier molecular flexibility index (Phi) is 4.00. The van der Waals surface area contributed by atoms with E-state index in [9.17, 15) is 0 Å². The van der Waals surface area contributed by atoms with Crippen LogP contribution in [0.25, 0.3) is 0 Å². The molecule has 1 atom stereocenters. The van der Waals surface area contributed by atoms with E-state index in [0.717, 1.165) is 38.2 Å². The molecule has 0 amide bonds. The highest BCUT2D eigenvalue weighted by Gasteiger charge is 2.26. The first-order valence-corrected chi connectivity index (χ1v) is 6.45. The first-order chi connectivity index (χ1) is 8.63. The molecule has 1 aliphatic heterocycles. The molecule has 3 nitrogen and oxygen atoms in total. The SMILES string of the molecule is Cc1cc(C#N)ccc1CNC1(C)CCCOC1. The smallest absolute Gasteiger partial charge is 0.0991 e. The number of rotatable bonds is 3. The summed E-state index contributed by atoms with van der Waals surface area (Å²) in [6.45, 7) is 6.76. The predicted molar refractivity (Wildman–Crippen MR) is 71.2 cm³/mol. The van der Waals surface area contributed by atoms with Crippen molar-refractivity contribution >= 4 is 0 Å². The van der Waals surface area contributed by atoms with Gasteiger partial charge in [0.25, 0.3) is 0 Å². The lowest BCUT2D eigenvalue weighted by Crippen LogP contribution is -2.48. The van der Waals surface area contributed by atoms with E-state index in [0.29, 0.717) is 0 Å². The molecule has 96 valence electrons. The Balaban J connectivity index is 2.00. The minimum atomic E-state index is 0.0819. The van der Waals surface area contributed by atoms with Crippen molar-refractivity contribution in [1.82, 2.24) is 5.32 Å². The Bertz CT molecular complexity index is 456. The van der Waals surface area contributed by atoms with Crippen LogP contribution in [-0.2, 0) is 11.3 Å². The third-order valence-electron chi connectivity index (χ3n) is 3.62. The molecule has 0 bridgehead atoms. The molecule has 0 spiro atoms. The van der Waals surface area contributed by atoms with Crippen LogP contribution in [0.5, 0.6) is 0 Å². The van der Waals surface area contributed by atoms with E-state index in [4.69, 9.17) is 10.00 Å². The topological polar surface area (TPSA) is 45.0 Å². The van der Waals surface area contributed by atoms with E-state index >= 15 is 0 Å². The zero-order valence-corrected chi connectivity index (χ0v) is 11.1. The van der Waals surface area contributed by atoms with Gasteiger partial charge in [-0.3, -0.25) is 0 Å². The maximum absolute atomic E-state index is 8.85. The second-order valence-electron chi connectivity index (χ2n) is 5.32. The molecule has 1 aromatic carbocycles. The van der Waals surface area contributed by atoms with Crippen LogP contribution in [0.2, 0.25) is 0 Å². The molecule has 1 fully saturated rings. The van der Waals surface area contributed by atoms with Crippen LogP contribution >= 0.6 is 0 Å². The first kappa shape index (κ1) is 13.1. The number of ether oxygens (including phenoxy) is 1. The average molecular weight is 244 g/mol. The Morgan fingerprint density at radius 1 is 1.50 bits per heavy atom. The molecule has 0 aliphatic carbocycles. The van der Waals surface area contributed by atoms with Crippen LogP contribution in [-0.4, -0.2) is 18.8 Å². The van der Waals surface area contributed by atoms with Crippen molar-refractivity contribution in [2.24, 2.45) is 0 Å². The summed E-state index contributed by atoms with van der Waals surface area (Å²) in [5, 5.41) is 12.4. The number of nitrogens with one attached hydrogen (secondary N) is 1. The quantitative estimate of drug-likeness (QED) is 0.888. The van der Waals surface area contributed by atoms with Gasteiger partial charge < -0.3 is 10.1 Å². The normalized spacial score (nSPS) is 23.6. The summed E-state index contributed by atoms with van der Waals surface area (Å²) in [6.07, 6.45) is 2.28. The second kappa shape index (κ2) is 5.51. The molecule has 3 heteroatoms. The molecular formula is C15H20N2O. The van der Waals surface area contributed by atoms with E-state index in [1.807, 2.05) is 18.2 Å². The third-order valence-corrected chi connectivity index (χ3v) is 3.62. The van der Waals surface area contributed by atoms with Crippen molar-refractivity contribution < 1.29 is 4.74 Å². The van der Waals surface area contributed by atoms with Crippen LogP contribution in [0, 0.1) is 18.3 Å². The molecule has 0 radical (unpaired) electrons. The number of hydrogen-bond donors (Lipinski definition) is 1. The second-order valence-corrected chi connectivity index (χ2v) is 5.32. The van der Waals surface area contributed by atoms with Gasteiger partial charge in [0.1, 0.15) is 0 Å². The van der Waals surface area contributed by atoms with Crippen LogP contribution in [0.3, 0.4) is 0 Å². The number of nitrogens with zero attached hydrogens (tertiary/aromatic N) is 1. The first-order valence-electron chi connectivity index (χ1n) is 6.45. The molecule has 1 aromatic rings. The maximum Gasteiger partial charge on any atom is 0.0991 e. The van der Waals surface area contributed by atoms with Gasteiger partial charge in [0.05, 0.1) is 18.2 Å². The Morgan fingerprint density at radius 3 is 2.94 bits per heavy atom. The van der Waals surface area contributed by atoms with Crippen molar-refractivity contribution in [1.29, 1.82) is 5.26 Å². The average Bonchev–Trinajstić information content (AvgIpc) is 2.38. The van der Waals surface area contributed by atoms with Gasteiger partial charge in [0.15, 0.2) is 0 Å². The lowest BCUT2D eigenvalue weighted by molar-refractivity contribution is 0.0277. The van der Waals surface area contributed by atoms with Gasteiger partial charge in [-0.15, -0.1) is 0 Å². The lowest BCUT2D eigenvalue weighted by Gasteiger charge is -2.34. The highest BCUT2D eigenvalue weighted by atomic mass is 16.5. The standard InChI is InChI=1S/C15H20N2O/c1-12-8-13(9-16)4-5-14(12)10-17-15(2)6-3-7-18-11-15/h4-5,8,17H,3,6-7,10-11H2,1-2H3. The Labute approximate surface area is 109 Å². The molecule has 1 aliphatic rings. The zero-order valence-electron chi connectivity index (χ0n) is 11.1. The van der Waals surface area contributed by atoms with E-state index in [2.05, 4.69) is 25.2 Å². The summed E-state index contributed by atoms with van der Waals surface area (Å²) in [5.41, 5.74) is 3.23. The van der Waals surface area contributed by atoms with Crippen molar-refractivity contribution in [3.8, 4) is 6.07 Å². The van der Waals surface area contributed by atoms with E-state index in [1.165, 1.54) is 11.1 Å². The molecule has 1 N–H and O–H groups in total. The van der Waals surface area contributed by atoms with Crippen LogP contribution in [0.1, 0.15) is 36.5 Å². The summed E-state index contributed by atoms with van der Waals surface area (Å²) in [6, 6.07) is 8.02. The van der Waals surface area contributed by atoms with Crippen LogP contribution < -0.4 is 5.32 Å². The molecule has 0 aromatic heterocycles. The summed E-state index contributed by atoms with van der Waals surface area (Å²) >= 11 is 0. The number of hydrogen-bond acceptors (Lipinski definition) is 3. The molecule has 0 saturated carbocycles. The van der Waals surface area contributed by atoms with E-state index < -0.39 is 0 Å². The highest BCUT2D eigenvalue weighted by molar-refractivity contribution is 5.37. The van der Waals surface area contributed by atoms with Gasteiger partial charge >= 0.3 is 0 Å². The summed E-state index contributed by atoms with van der Waals surface area (Å²) in [5.74, 6) is 0. The minimum Gasteiger partial charge on any atom is -0.380 e. The van der Waals surface area contributed by atoms with Gasteiger partial charge in [0, 0.05) is 18.7 Å². The van der Waals surface area contributed by atoms with Crippen molar-refractivity contribution in [3.63, 3.8) is 0 Å². The summed E-state index contributed by atoms with van der Waals surface area (Å²) < 4.78 is 5.53. The third kappa shape index (κ3) is 3.10. The van der Waals surface area contributed by atoms with Crippen LogP contribution in [0.15, 0.2) is 18.2 Å². The molecule has 1 saturated heterocycles. The Hall–Kier alpha value is -1.37. The van der Waals surface area contributed by atoms with Crippen molar-refractivity contribution in [2.45, 2.75) is 38.8 Å². The van der Waals surface area contributed by atoms with Crippen molar-refractivity contribution in [2.75, 3.05) is 13.2 Å².